The lowest BCUT2D eigenvalue weighted by Crippen LogP contribution is -2.56. The predicted octanol–water partition coefficient (Wildman–Crippen LogP) is 5.17. The molecule has 9 heteroatoms. The SMILES string of the molecule is Cc1ccc(NC(=S)N[C@H](NC(=O)c2ccccc2Br)C(Cl)(Cl)Cl)cc1. The molecule has 0 heterocycles. The maximum Gasteiger partial charge on any atom is 0.254 e. The van der Waals surface area contributed by atoms with Crippen molar-refractivity contribution >= 4 is 79.7 Å². The van der Waals surface area contributed by atoms with Gasteiger partial charge in [0.1, 0.15) is 6.17 Å². The monoisotopic (exact) mass is 493 g/mol. The first-order valence-electron chi connectivity index (χ1n) is 7.43. The second-order valence-electron chi connectivity index (χ2n) is 5.39. The van der Waals surface area contributed by atoms with Gasteiger partial charge in [0.15, 0.2) is 5.11 Å². The molecule has 0 saturated carbocycles. The number of thiocarbonyl (C=S) groups is 1. The van der Waals surface area contributed by atoms with Gasteiger partial charge in [-0.2, -0.15) is 0 Å². The number of hydrogen-bond donors (Lipinski definition) is 3. The molecule has 0 aromatic heterocycles. The number of nitrogens with one attached hydrogen (secondary N) is 3. The summed E-state index contributed by atoms with van der Waals surface area (Å²) in [4.78, 5) is 12.5. The van der Waals surface area contributed by atoms with Gasteiger partial charge in [0, 0.05) is 10.2 Å². The van der Waals surface area contributed by atoms with Crippen LogP contribution in [0.5, 0.6) is 0 Å². The highest BCUT2D eigenvalue weighted by atomic mass is 79.9. The van der Waals surface area contributed by atoms with Crippen LogP contribution in [0.1, 0.15) is 15.9 Å². The summed E-state index contributed by atoms with van der Waals surface area (Å²) in [6.07, 6.45) is -1.04. The molecule has 0 unspecified atom stereocenters. The van der Waals surface area contributed by atoms with Crippen molar-refractivity contribution in [1.82, 2.24) is 10.6 Å². The zero-order chi connectivity index (χ0) is 19.3. The van der Waals surface area contributed by atoms with E-state index in [2.05, 4.69) is 31.9 Å². The molecule has 2 aromatic carbocycles. The Morgan fingerprint density at radius 3 is 2.27 bits per heavy atom. The van der Waals surface area contributed by atoms with E-state index >= 15 is 0 Å². The lowest BCUT2D eigenvalue weighted by atomic mass is 10.2. The lowest BCUT2D eigenvalue weighted by molar-refractivity contribution is 0.0934. The van der Waals surface area contributed by atoms with Gasteiger partial charge in [-0.05, 0) is 59.3 Å². The summed E-state index contributed by atoms with van der Waals surface area (Å²) in [7, 11) is 0. The van der Waals surface area contributed by atoms with E-state index < -0.39 is 15.9 Å². The molecule has 0 spiro atoms. The van der Waals surface area contributed by atoms with Crippen molar-refractivity contribution < 1.29 is 4.79 Å². The number of halogens is 4. The van der Waals surface area contributed by atoms with Gasteiger partial charge in [0.25, 0.3) is 5.91 Å². The van der Waals surface area contributed by atoms with E-state index in [0.29, 0.717) is 10.0 Å². The first kappa shape index (κ1) is 21.3. The van der Waals surface area contributed by atoms with Crippen LogP contribution in [0.4, 0.5) is 5.69 Å². The van der Waals surface area contributed by atoms with Crippen molar-refractivity contribution in [3.8, 4) is 0 Å². The van der Waals surface area contributed by atoms with Gasteiger partial charge in [0.2, 0.25) is 3.79 Å². The Morgan fingerprint density at radius 1 is 1.08 bits per heavy atom. The van der Waals surface area contributed by atoms with Crippen molar-refractivity contribution in [2.75, 3.05) is 5.32 Å². The average Bonchev–Trinajstić information content (AvgIpc) is 2.56. The maximum absolute atomic E-state index is 12.5. The fraction of sp³-hybridized carbons (Fsp3) is 0.176. The number of aryl methyl sites for hydroxylation is 1. The second kappa shape index (κ2) is 9.24. The summed E-state index contributed by atoms with van der Waals surface area (Å²) in [5.41, 5.74) is 2.30. The predicted molar refractivity (Wildman–Crippen MR) is 116 cm³/mol. The maximum atomic E-state index is 12.5. The summed E-state index contributed by atoms with van der Waals surface area (Å²) in [6, 6.07) is 14.5. The van der Waals surface area contributed by atoms with Gasteiger partial charge in [-0.25, -0.2) is 0 Å². The number of anilines is 1. The van der Waals surface area contributed by atoms with Crippen LogP contribution in [0.2, 0.25) is 0 Å². The van der Waals surface area contributed by atoms with Gasteiger partial charge in [0.05, 0.1) is 5.56 Å². The summed E-state index contributed by atoms with van der Waals surface area (Å²) >= 11 is 26.5. The molecule has 1 amide bonds. The van der Waals surface area contributed by atoms with Gasteiger partial charge in [-0.1, -0.05) is 64.6 Å². The van der Waals surface area contributed by atoms with E-state index in [0.717, 1.165) is 11.3 Å². The fourth-order valence-electron chi connectivity index (χ4n) is 1.99. The molecule has 26 heavy (non-hydrogen) atoms. The quantitative estimate of drug-likeness (QED) is 0.311. The zero-order valence-electron chi connectivity index (χ0n) is 13.5. The van der Waals surface area contributed by atoms with Gasteiger partial charge >= 0.3 is 0 Å². The molecule has 0 fully saturated rings. The van der Waals surface area contributed by atoms with Crippen LogP contribution >= 0.6 is 63.0 Å². The highest BCUT2D eigenvalue weighted by Crippen LogP contribution is 2.29. The van der Waals surface area contributed by atoms with E-state index in [9.17, 15) is 4.79 Å². The molecule has 0 saturated heterocycles. The standard InChI is InChI=1S/C17H15BrCl3N3OS/c1-10-6-8-11(9-7-10)22-16(26)24-15(17(19,20)21)23-14(25)12-4-2-3-5-13(12)18/h2-9,15H,1H3,(H,23,25)(H2,22,24,26)/t15-/m0/s1. The van der Waals surface area contributed by atoms with Crippen molar-refractivity contribution in [1.29, 1.82) is 0 Å². The van der Waals surface area contributed by atoms with Crippen molar-refractivity contribution in [2.45, 2.75) is 16.9 Å². The van der Waals surface area contributed by atoms with Crippen molar-refractivity contribution in [3.05, 3.63) is 64.1 Å². The smallest absolute Gasteiger partial charge is 0.254 e. The Morgan fingerprint density at radius 2 is 1.69 bits per heavy atom. The number of benzene rings is 2. The van der Waals surface area contributed by atoms with Gasteiger partial charge in [-0.3, -0.25) is 4.79 Å². The van der Waals surface area contributed by atoms with Crippen LogP contribution in [-0.4, -0.2) is 21.0 Å². The van der Waals surface area contributed by atoms with E-state index in [-0.39, 0.29) is 5.11 Å². The molecule has 2 aromatic rings. The number of amides is 1. The molecule has 138 valence electrons. The topological polar surface area (TPSA) is 53.2 Å². The van der Waals surface area contributed by atoms with E-state index in [1.807, 2.05) is 31.2 Å². The molecule has 0 radical (unpaired) electrons. The molecular formula is C17H15BrCl3N3OS. The van der Waals surface area contributed by atoms with Gasteiger partial charge in [-0.15, -0.1) is 0 Å². The van der Waals surface area contributed by atoms with E-state index in [1.165, 1.54) is 0 Å². The first-order chi connectivity index (χ1) is 12.2. The van der Waals surface area contributed by atoms with Gasteiger partial charge < -0.3 is 16.0 Å². The minimum atomic E-state index is -1.82. The Hall–Kier alpha value is -1.05. The lowest BCUT2D eigenvalue weighted by Gasteiger charge is -2.28. The third kappa shape index (κ3) is 6.28. The first-order valence-corrected chi connectivity index (χ1v) is 9.76. The molecule has 1 atom stereocenters. The highest BCUT2D eigenvalue weighted by molar-refractivity contribution is 9.10. The van der Waals surface area contributed by atoms with E-state index in [1.54, 1.807) is 24.3 Å². The summed E-state index contributed by atoms with van der Waals surface area (Å²) in [6.45, 7) is 1.98. The minimum absolute atomic E-state index is 0.206. The molecule has 0 bridgehead atoms. The molecular weight excluding hydrogens is 481 g/mol. The molecule has 0 aliphatic heterocycles. The van der Waals surface area contributed by atoms with Crippen LogP contribution < -0.4 is 16.0 Å². The third-order valence-corrected chi connectivity index (χ3v) is 4.87. The van der Waals surface area contributed by atoms with Crippen LogP contribution in [0.3, 0.4) is 0 Å². The fourth-order valence-corrected chi connectivity index (χ4v) is 3.02. The number of rotatable bonds is 4. The molecule has 2 rings (SSSR count). The Balaban J connectivity index is 2.07. The van der Waals surface area contributed by atoms with Crippen molar-refractivity contribution in [2.24, 2.45) is 0 Å². The number of alkyl halides is 3. The minimum Gasteiger partial charge on any atom is -0.339 e. The summed E-state index contributed by atoms with van der Waals surface area (Å²) in [5, 5.41) is 8.64. The molecule has 3 N–H and O–H groups in total. The Bertz CT molecular complexity index is 797. The number of hydrogen-bond acceptors (Lipinski definition) is 2. The molecule has 0 aliphatic carbocycles. The number of carbonyl (C=O) groups is 1. The number of carbonyl (C=O) groups excluding carboxylic acids is 1. The van der Waals surface area contributed by atoms with Crippen molar-refractivity contribution in [3.63, 3.8) is 0 Å². The summed E-state index contributed by atoms with van der Waals surface area (Å²) < 4.78 is -1.20. The zero-order valence-corrected chi connectivity index (χ0v) is 18.2. The van der Waals surface area contributed by atoms with Crippen LogP contribution in [-0.2, 0) is 0 Å². The average molecular weight is 496 g/mol. The van der Waals surface area contributed by atoms with Crippen LogP contribution in [0.25, 0.3) is 0 Å². The largest absolute Gasteiger partial charge is 0.339 e. The highest BCUT2D eigenvalue weighted by Gasteiger charge is 2.35. The Labute approximate surface area is 180 Å². The molecule has 4 nitrogen and oxygen atoms in total. The summed E-state index contributed by atoms with van der Waals surface area (Å²) in [5.74, 6) is -0.417. The van der Waals surface area contributed by atoms with E-state index in [4.69, 9.17) is 47.0 Å². The second-order valence-corrected chi connectivity index (χ2v) is 9.02. The molecule has 0 aliphatic rings. The third-order valence-electron chi connectivity index (χ3n) is 3.31. The Kier molecular flexibility index (Phi) is 7.55. The van der Waals surface area contributed by atoms with Crippen LogP contribution in [0, 0.1) is 6.92 Å². The van der Waals surface area contributed by atoms with Crippen LogP contribution in [0.15, 0.2) is 53.0 Å². The normalized spacial score (nSPS) is 12.2.